The van der Waals surface area contributed by atoms with Crippen LogP contribution in [0, 0.1) is 10.1 Å². The van der Waals surface area contributed by atoms with Crippen LogP contribution in [0.2, 0.25) is 0 Å². The Balaban J connectivity index is 1.84. The zero-order chi connectivity index (χ0) is 21.4. The van der Waals surface area contributed by atoms with Crippen LogP contribution in [0.5, 0.6) is 5.75 Å². The second kappa shape index (κ2) is 9.73. The van der Waals surface area contributed by atoms with Crippen molar-refractivity contribution < 1.29 is 37.6 Å². The topological polar surface area (TPSA) is 137 Å². The quantitative estimate of drug-likeness (QED) is 0.404. The Hall–Kier alpha value is -4.09. The molecule has 0 fully saturated rings. The van der Waals surface area contributed by atoms with E-state index in [9.17, 15) is 33.3 Å². The molecule has 2 amide bonds. The predicted octanol–water partition coefficient (Wildman–Crippen LogP) is 1.81. The van der Waals surface area contributed by atoms with E-state index in [0.717, 1.165) is 12.1 Å². The molecule has 12 heteroatoms. The number of rotatable bonds is 7. The minimum absolute atomic E-state index is 0.0765. The summed E-state index contributed by atoms with van der Waals surface area (Å²) in [6.07, 6.45) is 0. The van der Waals surface area contributed by atoms with Crippen molar-refractivity contribution in [2.45, 2.75) is 6.61 Å². The molecule has 2 aromatic rings. The highest BCUT2D eigenvalue weighted by molar-refractivity contribution is 5.96. The number of nitrogens with zero attached hydrogens (tertiary/aromatic N) is 1. The number of amides is 2. The number of hydrogen-bond acceptors (Lipinski definition) is 7. The number of nitro groups is 1. The number of benzene rings is 2. The van der Waals surface area contributed by atoms with Gasteiger partial charge in [0.15, 0.2) is 6.61 Å². The Morgan fingerprint density at radius 1 is 1.03 bits per heavy atom. The summed E-state index contributed by atoms with van der Waals surface area (Å²) >= 11 is 0. The molecule has 0 radical (unpaired) electrons. The molecule has 0 aromatic heterocycles. The maximum atomic E-state index is 12.2. The van der Waals surface area contributed by atoms with Crippen molar-refractivity contribution in [1.82, 2.24) is 10.9 Å². The van der Waals surface area contributed by atoms with E-state index in [1.165, 1.54) is 36.4 Å². The molecule has 2 rings (SSSR count). The summed E-state index contributed by atoms with van der Waals surface area (Å²) in [6, 6.07) is 9.56. The van der Waals surface area contributed by atoms with Gasteiger partial charge in [0.2, 0.25) is 0 Å². The minimum atomic E-state index is -3.07. The Labute approximate surface area is 161 Å². The van der Waals surface area contributed by atoms with Crippen molar-refractivity contribution in [1.29, 1.82) is 0 Å². The molecule has 2 aromatic carbocycles. The molecule has 0 spiro atoms. The van der Waals surface area contributed by atoms with Crippen LogP contribution in [-0.2, 0) is 9.53 Å². The molecular weight excluding hydrogens is 396 g/mol. The lowest BCUT2D eigenvalue weighted by Gasteiger charge is -2.09. The number of nitro benzene ring substituents is 1. The van der Waals surface area contributed by atoms with E-state index < -0.39 is 35.9 Å². The number of hydrazine groups is 1. The van der Waals surface area contributed by atoms with Gasteiger partial charge in [-0.25, -0.2) is 4.79 Å². The summed E-state index contributed by atoms with van der Waals surface area (Å²) < 4.78 is 33.2. The van der Waals surface area contributed by atoms with Crippen LogP contribution in [0.3, 0.4) is 0 Å². The number of non-ortho nitro benzene ring substituents is 1. The van der Waals surface area contributed by atoms with E-state index in [4.69, 9.17) is 4.74 Å². The summed E-state index contributed by atoms with van der Waals surface area (Å²) in [5.74, 6) is -2.98. The molecule has 0 aliphatic heterocycles. The highest BCUT2D eigenvalue weighted by Gasteiger charge is 2.15. The molecule has 0 bridgehead atoms. The molecule has 29 heavy (non-hydrogen) atoms. The summed E-state index contributed by atoms with van der Waals surface area (Å²) in [5, 5.41) is 10.7. The van der Waals surface area contributed by atoms with Gasteiger partial charge in [0, 0.05) is 17.7 Å². The second-order valence-corrected chi connectivity index (χ2v) is 5.29. The van der Waals surface area contributed by atoms with Crippen LogP contribution >= 0.6 is 0 Å². The Kier molecular flexibility index (Phi) is 7.12. The summed E-state index contributed by atoms with van der Waals surface area (Å²) in [7, 11) is 0. The van der Waals surface area contributed by atoms with E-state index in [1.54, 1.807) is 0 Å². The average molecular weight is 409 g/mol. The molecule has 2 N–H and O–H groups in total. The lowest BCUT2D eigenvalue weighted by Crippen LogP contribution is -2.43. The smallest absolute Gasteiger partial charge is 0.387 e. The van der Waals surface area contributed by atoms with Gasteiger partial charge in [0.25, 0.3) is 17.5 Å². The monoisotopic (exact) mass is 409 g/mol. The molecule has 0 atom stereocenters. The molecule has 0 saturated heterocycles. The van der Waals surface area contributed by atoms with Gasteiger partial charge >= 0.3 is 12.6 Å². The summed E-state index contributed by atoms with van der Waals surface area (Å²) in [6.45, 7) is -3.85. The molecule has 0 aliphatic rings. The van der Waals surface area contributed by atoms with E-state index in [1.807, 2.05) is 10.9 Å². The highest BCUT2D eigenvalue weighted by Crippen LogP contribution is 2.16. The number of ether oxygens (including phenoxy) is 2. The fourth-order valence-corrected chi connectivity index (χ4v) is 2.01. The Morgan fingerprint density at radius 2 is 1.72 bits per heavy atom. The van der Waals surface area contributed by atoms with Crippen molar-refractivity contribution in [3.8, 4) is 5.75 Å². The number of alkyl halides is 2. The number of halogens is 2. The number of esters is 1. The van der Waals surface area contributed by atoms with Crippen molar-refractivity contribution in [3.05, 3.63) is 69.8 Å². The lowest BCUT2D eigenvalue weighted by atomic mass is 10.2. The Morgan fingerprint density at radius 3 is 2.41 bits per heavy atom. The third-order valence-electron chi connectivity index (χ3n) is 3.26. The fraction of sp³-hybridized carbons (Fsp3) is 0.118. The number of hydrogen-bond donors (Lipinski definition) is 2. The maximum Gasteiger partial charge on any atom is 0.387 e. The van der Waals surface area contributed by atoms with Gasteiger partial charge in [-0.1, -0.05) is 12.1 Å². The number of carbonyl (C=O) groups is 3. The van der Waals surface area contributed by atoms with E-state index in [-0.39, 0.29) is 22.6 Å². The minimum Gasteiger partial charge on any atom is -0.452 e. The molecular formula is C17H13F2N3O7. The Bertz CT molecular complexity index is 937. The third-order valence-corrected chi connectivity index (χ3v) is 3.26. The average Bonchev–Trinajstić information content (AvgIpc) is 2.69. The zero-order valence-electron chi connectivity index (χ0n) is 14.5. The summed E-state index contributed by atoms with van der Waals surface area (Å²) in [5.41, 5.74) is 3.45. The lowest BCUT2D eigenvalue weighted by molar-refractivity contribution is -0.384. The van der Waals surface area contributed by atoms with Crippen LogP contribution in [0.25, 0.3) is 0 Å². The molecule has 0 heterocycles. The van der Waals surface area contributed by atoms with Crippen LogP contribution in [0.1, 0.15) is 20.7 Å². The molecule has 0 saturated carbocycles. The second-order valence-electron chi connectivity index (χ2n) is 5.29. The van der Waals surface area contributed by atoms with Crippen LogP contribution < -0.4 is 15.6 Å². The third kappa shape index (κ3) is 6.53. The first-order valence-corrected chi connectivity index (χ1v) is 7.82. The molecule has 0 unspecified atom stereocenters. The van der Waals surface area contributed by atoms with Crippen molar-refractivity contribution in [3.63, 3.8) is 0 Å². The predicted molar refractivity (Wildman–Crippen MR) is 92.1 cm³/mol. The van der Waals surface area contributed by atoms with Gasteiger partial charge in [-0.2, -0.15) is 8.78 Å². The number of carbonyl (C=O) groups excluding carboxylic acids is 3. The van der Waals surface area contributed by atoms with Crippen LogP contribution in [0.15, 0.2) is 48.5 Å². The van der Waals surface area contributed by atoms with E-state index in [2.05, 4.69) is 4.74 Å². The fourth-order valence-electron chi connectivity index (χ4n) is 2.01. The first-order chi connectivity index (χ1) is 13.8. The van der Waals surface area contributed by atoms with Gasteiger partial charge in [-0.15, -0.1) is 0 Å². The largest absolute Gasteiger partial charge is 0.452 e. The van der Waals surface area contributed by atoms with Crippen LogP contribution in [-0.4, -0.2) is 35.9 Å². The van der Waals surface area contributed by atoms with Gasteiger partial charge in [0.1, 0.15) is 5.75 Å². The molecule has 152 valence electrons. The highest BCUT2D eigenvalue weighted by atomic mass is 19.3. The van der Waals surface area contributed by atoms with Gasteiger partial charge in [0.05, 0.1) is 10.5 Å². The van der Waals surface area contributed by atoms with E-state index in [0.29, 0.717) is 0 Å². The maximum absolute atomic E-state index is 12.2. The first kappa shape index (κ1) is 21.2. The van der Waals surface area contributed by atoms with Crippen molar-refractivity contribution in [2.75, 3.05) is 6.61 Å². The SMILES string of the molecule is O=C(COC(=O)c1cccc(OC(F)F)c1)NNC(=O)c1cccc([N+](=O)[O-])c1. The van der Waals surface area contributed by atoms with Gasteiger partial charge in [-0.3, -0.25) is 30.6 Å². The molecule has 10 nitrogen and oxygen atoms in total. The first-order valence-electron chi connectivity index (χ1n) is 7.82. The van der Waals surface area contributed by atoms with Crippen LogP contribution in [0.4, 0.5) is 14.5 Å². The van der Waals surface area contributed by atoms with E-state index >= 15 is 0 Å². The van der Waals surface area contributed by atoms with Gasteiger partial charge < -0.3 is 9.47 Å². The van der Waals surface area contributed by atoms with Gasteiger partial charge in [-0.05, 0) is 24.3 Å². The van der Waals surface area contributed by atoms with Crippen molar-refractivity contribution >= 4 is 23.5 Å². The number of nitrogens with one attached hydrogen (secondary N) is 2. The zero-order valence-corrected chi connectivity index (χ0v) is 14.5. The summed E-state index contributed by atoms with van der Waals surface area (Å²) in [4.78, 5) is 45.4. The molecule has 0 aliphatic carbocycles. The standard InChI is InChI=1S/C17H13F2N3O7/c18-17(19)29-13-6-2-4-11(8-13)16(25)28-9-14(23)20-21-15(24)10-3-1-5-12(7-10)22(26)27/h1-8,17H,9H2,(H,20,23)(H,21,24). The normalized spacial score (nSPS) is 10.2. The van der Waals surface area contributed by atoms with Crippen molar-refractivity contribution in [2.24, 2.45) is 0 Å².